The fourth-order valence-electron chi connectivity index (χ4n) is 2.05. The van der Waals surface area contributed by atoms with Gasteiger partial charge in [-0.1, -0.05) is 26.0 Å². The Morgan fingerprint density at radius 1 is 1.19 bits per heavy atom. The molecule has 136 valence electrons. The van der Waals surface area contributed by atoms with Crippen LogP contribution in [0.1, 0.15) is 25.0 Å². The fourth-order valence-corrected chi connectivity index (χ4v) is 2.05. The summed E-state index contributed by atoms with van der Waals surface area (Å²) in [5.41, 5.74) is 3.95. The summed E-state index contributed by atoms with van der Waals surface area (Å²) in [5.74, 6) is 0.979. The highest BCUT2D eigenvalue weighted by atomic mass is 16.6. The van der Waals surface area contributed by atoms with Gasteiger partial charge in [0, 0.05) is 12.1 Å². The van der Waals surface area contributed by atoms with Crippen molar-refractivity contribution in [1.82, 2.24) is 5.43 Å². The van der Waals surface area contributed by atoms with Gasteiger partial charge in [-0.25, -0.2) is 5.43 Å². The Hall–Kier alpha value is -3.22. The number of hydrogen-bond acceptors (Lipinski definition) is 5. The van der Waals surface area contributed by atoms with E-state index in [-0.39, 0.29) is 18.0 Å². The average Bonchev–Trinajstić information content (AvgIpc) is 2.61. The van der Waals surface area contributed by atoms with Gasteiger partial charge in [-0.05, 0) is 41.3 Å². The lowest BCUT2D eigenvalue weighted by Gasteiger charge is -2.09. The molecule has 0 aromatic heterocycles. The number of carbonyl (C=O) groups excluding carboxylic acids is 1. The van der Waals surface area contributed by atoms with Gasteiger partial charge in [-0.3, -0.25) is 14.9 Å². The average molecular weight is 355 g/mol. The molecule has 1 N–H and O–H groups in total. The molecular weight excluding hydrogens is 334 g/mol. The van der Waals surface area contributed by atoms with E-state index in [1.807, 2.05) is 24.3 Å². The minimum atomic E-state index is -0.470. The first-order chi connectivity index (χ1) is 12.4. The van der Waals surface area contributed by atoms with Crippen molar-refractivity contribution in [1.29, 1.82) is 0 Å². The molecule has 2 aromatic rings. The molecule has 0 saturated heterocycles. The summed E-state index contributed by atoms with van der Waals surface area (Å²) in [5, 5.41) is 14.4. The van der Waals surface area contributed by atoms with E-state index >= 15 is 0 Å². The lowest BCUT2D eigenvalue weighted by Crippen LogP contribution is -2.19. The lowest BCUT2D eigenvalue weighted by molar-refractivity contribution is -0.384. The molecule has 2 aromatic carbocycles. The summed E-state index contributed by atoms with van der Waals surface area (Å²) in [7, 11) is 0. The van der Waals surface area contributed by atoms with Gasteiger partial charge in [-0.2, -0.15) is 5.10 Å². The van der Waals surface area contributed by atoms with Crippen molar-refractivity contribution < 1.29 is 14.5 Å². The van der Waals surface area contributed by atoms with Crippen LogP contribution in [0.15, 0.2) is 53.6 Å². The largest absolute Gasteiger partial charge is 0.493 e. The van der Waals surface area contributed by atoms with Crippen molar-refractivity contribution in [2.24, 2.45) is 11.0 Å². The Morgan fingerprint density at radius 2 is 1.85 bits per heavy atom. The van der Waals surface area contributed by atoms with Crippen molar-refractivity contribution in [2.45, 2.75) is 20.3 Å². The zero-order chi connectivity index (χ0) is 18.9. The Kier molecular flexibility index (Phi) is 6.84. The zero-order valence-electron chi connectivity index (χ0n) is 14.7. The van der Waals surface area contributed by atoms with Crippen LogP contribution >= 0.6 is 0 Å². The van der Waals surface area contributed by atoms with E-state index < -0.39 is 4.92 Å². The van der Waals surface area contributed by atoms with Gasteiger partial charge in [0.15, 0.2) is 0 Å². The second-order valence-corrected chi connectivity index (χ2v) is 6.17. The van der Waals surface area contributed by atoms with Crippen LogP contribution in [-0.4, -0.2) is 23.7 Å². The lowest BCUT2D eigenvalue weighted by atomic mass is 10.1. The topological polar surface area (TPSA) is 93.8 Å². The minimum Gasteiger partial charge on any atom is -0.493 e. The maximum Gasteiger partial charge on any atom is 0.269 e. The van der Waals surface area contributed by atoms with Crippen molar-refractivity contribution in [3.63, 3.8) is 0 Å². The van der Waals surface area contributed by atoms with Crippen LogP contribution in [0.25, 0.3) is 0 Å². The molecule has 0 heterocycles. The molecule has 7 heteroatoms. The van der Waals surface area contributed by atoms with Gasteiger partial charge >= 0.3 is 0 Å². The molecule has 0 unspecified atom stereocenters. The van der Waals surface area contributed by atoms with Crippen molar-refractivity contribution in [3.05, 3.63) is 69.8 Å². The standard InChI is InChI=1S/C19H21N3O4/c1-14(2)13-26-18-9-5-15(6-10-18)11-19(23)21-20-12-16-3-7-17(8-4-16)22(24)25/h3-10,12,14H,11,13H2,1-2H3,(H,21,23)/b20-12-. The number of non-ortho nitro benzene ring substituents is 1. The molecule has 0 atom stereocenters. The van der Waals surface area contributed by atoms with E-state index in [0.717, 1.165) is 11.3 Å². The van der Waals surface area contributed by atoms with Crippen molar-refractivity contribution in [2.75, 3.05) is 6.61 Å². The molecule has 7 nitrogen and oxygen atoms in total. The first kappa shape index (κ1) is 19.1. The SMILES string of the molecule is CC(C)COc1ccc(CC(=O)N/N=C\c2ccc([N+](=O)[O-])cc2)cc1. The molecule has 0 aliphatic rings. The number of rotatable bonds is 8. The van der Waals surface area contributed by atoms with E-state index in [2.05, 4.69) is 24.4 Å². The Bertz CT molecular complexity index is 768. The van der Waals surface area contributed by atoms with E-state index in [9.17, 15) is 14.9 Å². The van der Waals surface area contributed by atoms with Gasteiger partial charge in [0.05, 0.1) is 24.2 Å². The Labute approximate surface area is 151 Å². The molecule has 0 radical (unpaired) electrons. The smallest absolute Gasteiger partial charge is 0.269 e. The predicted octanol–water partition coefficient (Wildman–Crippen LogP) is 3.32. The zero-order valence-corrected chi connectivity index (χ0v) is 14.7. The monoisotopic (exact) mass is 355 g/mol. The first-order valence-corrected chi connectivity index (χ1v) is 8.22. The molecular formula is C19H21N3O4. The highest BCUT2D eigenvalue weighted by Crippen LogP contribution is 2.14. The molecule has 26 heavy (non-hydrogen) atoms. The van der Waals surface area contributed by atoms with Crippen molar-refractivity contribution >= 4 is 17.8 Å². The van der Waals surface area contributed by atoms with Crippen molar-refractivity contribution in [3.8, 4) is 5.75 Å². The van der Waals surface area contributed by atoms with Crippen LogP contribution in [0.2, 0.25) is 0 Å². The maximum absolute atomic E-state index is 11.9. The van der Waals surface area contributed by atoms with Gasteiger partial charge in [0.1, 0.15) is 5.75 Å². The molecule has 0 aliphatic carbocycles. The molecule has 2 rings (SSSR count). The van der Waals surface area contributed by atoms with Gasteiger partial charge in [-0.15, -0.1) is 0 Å². The number of carbonyl (C=O) groups is 1. The quantitative estimate of drug-likeness (QED) is 0.446. The molecule has 0 saturated carbocycles. The Morgan fingerprint density at radius 3 is 2.42 bits per heavy atom. The summed E-state index contributed by atoms with van der Waals surface area (Å²) in [6.45, 7) is 4.81. The predicted molar refractivity (Wildman–Crippen MR) is 99.3 cm³/mol. The number of nitrogens with zero attached hydrogens (tertiary/aromatic N) is 2. The van der Waals surface area contributed by atoms with Crippen LogP contribution in [0.5, 0.6) is 5.75 Å². The van der Waals surface area contributed by atoms with Crippen LogP contribution in [0, 0.1) is 16.0 Å². The number of ether oxygens (including phenoxy) is 1. The second kappa shape index (κ2) is 9.31. The van der Waals surface area contributed by atoms with Gasteiger partial charge in [0.2, 0.25) is 5.91 Å². The van der Waals surface area contributed by atoms with E-state index in [1.54, 1.807) is 12.1 Å². The third-order valence-electron chi connectivity index (χ3n) is 3.38. The molecule has 0 bridgehead atoms. The summed E-state index contributed by atoms with van der Waals surface area (Å²) >= 11 is 0. The number of nitro benzene ring substituents is 1. The minimum absolute atomic E-state index is 0.00649. The summed E-state index contributed by atoms with van der Waals surface area (Å²) in [4.78, 5) is 22.0. The van der Waals surface area contributed by atoms with Crippen LogP contribution < -0.4 is 10.2 Å². The molecule has 0 fully saturated rings. The summed E-state index contributed by atoms with van der Waals surface area (Å²) in [6, 6.07) is 13.2. The highest BCUT2D eigenvalue weighted by Gasteiger charge is 2.04. The van der Waals surface area contributed by atoms with E-state index in [1.165, 1.54) is 18.3 Å². The number of amides is 1. The third kappa shape index (κ3) is 6.35. The molecule has 0 aliphatic heterocycles. The van der Waals surface area contributed by atoms with Gasteiger partial charge in [0.25, 0.3) is 5.69 Å². The maximum atomic E-state index is 11.9. The normalized spacial score (nSPS) is 10.9. The van der Waals surface area contributed by atoms with E-state index in [0.29, 0.717) is 18.1 Å². The number of hydrazone groups is 1. The van der Waals surface area contributed by atoms with Crippen LogP contribution in [0.3, 0.4) is 0 Å². The van der Waals surface area contributed by atoms with E-state index in [4.69, 9.17) is 4.74 Å². The summed E-state index contributed by atoms with van der Waals surface area (Å²) < 4.78 is 5.60. The highest BCUT2D eigenvalue weighted by molar-refractivity contribution is 5.83. The number of benzene rings is 2. The first-order valence-electron chi connectivity index (χ1n) is 8.22. The number of hydrogen-bond donors (Lipinski definition) is 1. The second-order valence-electron chi connectivity index (χ2n) is 6.17. The van der Waals surface area contributed by atoms with Crippen LogP contribution in [0.4, 0.5) is 5.69 Å². The summed E-state index contributed by atoms with van der Waals surface area (Å²) in [6.07, 6.45) is 1.63. The fraction of sp³-hybridized carbons (Fsp3) is 0.263. The number of nitro groups is 1. The van der Waals surface area contributed by atoms with Crippen LogP contribution in [-0.2, 0) is 11.2 Å². The third-order valence-corrected chi connectivity index (χ3v) is 3.38. The molecule has 0 spiro atoms. The molecule has 1 amide bonds. The number of nitrogens with one attached hydrogen (secondary N) is 1. The Balaban J connectivity index is 1.81. The van der Waals surface area contributed by atoms with Gasteiger partial charge < -0.3 is 4.74 Å².